The smallest absolute Gasteiger partial charge is 0.0766 e. The van der Waals surface area contributed by atoms with Crippen molar-refractivity contribution in [1.29, 1.82) is 0 Å². The summed E-state index contributed by atoms with van der Waals surface area (Å²) in [5.74, 6) is 0. The molecule has 17 heavy (non-hydrogen) atoms. The van der Waals surface area contributed by atoms with Crippen LogP contribution in [-0.2, 0) is 4.74 Å². The van der Waals surface area contributed by atoms with E-state index in [1.807, 2.05) is 32.6 Å². The molecule has 1 aliphatic rings. The van der Waals surface area contributed by atoms with Crippen LogP contribution in [0.15, 0.2) is 18.5 Å². The molecular formula is C13H21N3O. The summed E-state index contributed by atoms with van der Waals surface area (Å²) in [5, 5.41) is 3.58. The van der Waals surface area contributed by atoms with E-state index in [0.29, 0.717) is 12.1 Å². The minimum Gasteiger partial charge on any atom is -0.379 e. The molecule has 1 aliphatic heterocycles. The summed E-state index contributed by atoms with van der Waals surface area (Å²) in [5.41, 5.74) is 2.29. The van der Waals surface area contributed by atoms with E-state index in [-0.39, 0.29) is 0 Å². The first-order chi connectivity index (χ1) is 8.16. The lowest BCUT2D eigenvalue weighted by molar-refractivity contribution is 0.0232. The molecule has 0 radical (unpaired) electrons. The number of hydrogen-bond donors (Lipinski definition) is 1. The van der Waals surface area contributed by atoms with Crippen molar-refractivity contribution >= 4 is 11.4 Å². The molecular weight excluding hydrogens is 214 g/mol. The minimum absolute atomic E-state index is 0.348. The quantitative estimate of drug-likeness (QED) is 0.871. The largest absolute Gasteiger partial charge is 0.379 e. The van der Waals surface area contributed by atoms with Gasteiger partial charge in [-0.15, -0.1) is 0 Å². The molecule has 0 spiro atoms. The monoisotopic (exact) mass is 235 g/mol. The van der Waals surface area contributed by atoms with Gasteiger partial charge in [0.1, 0.15) is 0 Å². The van der Waals surface area contributed by atoms with E-state index in [2.05, 4.69) is 22.1 Å². The Morgan fingerprint density at radius 2 is 2.29 bits per heavy atom. The third-order valence-electron chi connectivity index (χ3n) is 3.12. The van der Waals surface area contributed by atoms with Crippen molar-refractivity contribution in [2.24, 2.45) is 0 Å². The maximum atomic E-state index is 5.56. The van der Waals surface area contributed by atoms with Crippen molar-refractivity contribution in [3.63, 3.8) is 0 Å². The molecule has 0 saturated carbocycles. The molecule has 1 aromatic rings. The van der Waals surface area contributed by atoms with Crippen LogP contribution in [0.3, 0.4) is 0 Å². The molecule has 94 valence electrons. The second-order valence-corrected chi connectivity index (χ2v) is 4.83. The highest BCUT2D eigenvalue weighted by Crippen LogP contribution is 2.25. The average molecular weight is 235 g/mol. The summed E-state index contributed by atoms with van der Waals surface area (Å²) < 4.78 is 5.56. The first-order valence-electron chi connectivity index (χ1n) is 6.16. The molecule has 4 nitrogen and oxygen atoms in total. The highest BCUT2D eigenvalue weighted by molar-refractivity contribution is 5.68. The zero-order valence-corrected chi connectivity index (χ0v) is 10.8. The fourth-order valence-corrected chi connectivity index (χ4v) is 2.24. The van der Waals surface area contributed by atoms with Crippen molar-refractivity contribution < 1.29 is 4.74 Å². The Balaban J connectivity index is 2.07. The Morgan fingerprint density at radius 1 is 1.47 bits per heavy atom. The first-order valence-corrected chi connectivity index (χ1v) is 6.16. The Hall–Kier alpha value is -1.29. The maximum Gasteiger partial charge on any atom is 0.0766 e. The lowest BCUT2D eigenvalue weighted by Gasteiger charge is -2.30. The molecule has 0 bridgehead atoms. The Bertz CT molecular complexity index is 367. The first kappa shape index (κ1) is 12.2. The van der Waals surface area contributed by atoms with Crippen LogP contribution >= 0.6 is 0 Å². The average Bonchev–Trinajstić information content (AvgIpc) is 2.29. The predicted octanol–water partition coefficient (Wildman–Crippen LogP) is 2.13. The highest BCUT2D eigenvalue weighted by Gasteiger charge is 2.20. The van der Waals surface area contributed by atoms with Gasteiger partial charge < -0.3 is 15.0 Å². The lowest BCUT2D eigenvalue weighted by atomic mass is 10.0. The number of pyridine rings is 1. The number of hydrogen-bond acceptors (Lipinski definition) is 4. The van der Waals surface area contributed by atoms with Crippen LogP contribution in [0, 0.1) is 0 Å². The third-order valence-corrected chi connectivity index (χ3v) is 3.12. The van der Waals surface area contributed by atoms with E-state index in [9.17, 15) is 0 Å². The van der Waals surface area contributed by atoms with Gasteiger partial charge >= 0.3 is 0 Å². The van der Waals surface area contributed by atoms with Crippen LogP contribution in [-0.4, -0.2) is 37.8 Å². The van der Waals surface area contributed by atoms with E-state index < -0.39 is 0 Å². The van der Waals surface area contributed by atoms with E-state index in [4.69, 9.17) is 4.74 Å². The van der Waals surface area contributed by atoms with Crippen molar-refractivity contribution in [3.05, 3.63) is 18.5 Å². The summed E-state index contributed by atoms with van der Waals surface area (Å²) in [4.78, 5) is 6.30. The minimum atomic E-state index is 0.348. The molecule has 2 atom stereocenters. The Labute approximate surface area is 103 Å². The van der Waals surface area contributed by atoms with Crippen molar-refractivity contribution in [2.75, 3.05) is 30.9 Å². The van der Waals surface area contributed by atoms with Gasteiger partial charge in [-0.3, -0.25) is 4.98 Å². The molecule has 4 heteroatoms. The number of aromatic nitrogens is 1. The SMILES string of the molecule is CC1CC(Nc2cnccc2N(C)C)CCO1. The van der Waals surface area contributed by atoms with E-state index in [1.165, 1.54) is 5.69 Å². The molecule has 1 aromatic heterocycles. The fourth-order valence-electron chi connectivity index (χ4n) is 2.24. The van der Waals surface area contributed by atoms with Crippen LogP contribution in [0.4, 0.5) is 11.4 Å². The molecule has 1 N–H and O–H groups in total. The topological polar surface area (TPSA) is 37.4 Å². The summed E-state index contributed by atoms with van der Waals surface area (Å²) in [6.07, 6.45) is 6.19. The summed E-state index contributed by atoms with van der Waals surface area (Å²) in [6, 6.07) is 2.52. The summed E-state index contributed by atoms with van der Waals surface area (Å²) in [7, 11) is 4.10. The number of anilines is 2. The van der Waals surface area contributed by atoms with E-state index in [1.54, 1.807) is 0 Å². The fraction of sp³-hybridized carbons (Fsp3) is 0.615. The van der Waals surface area contributed by atoms with Gasteiger partial charge in [0.25, 0.3) is 0 Å². The molecule has 1 saturated heterocycles. The number of ether oxygens (including phenoxy) is 1. The number of rotatable bonds is 3. The summed E-state index contributed by atoms with van der Waals surface area (Å²) in [6.45, 7) is 2.97. The van der Waals surface area contributed by atoms with Crippen molar-refractivity contribution in [1.82, 2.24) is 4.98 Å². The van der Waals surface area contributed by atoms with Crippen LogP contribution in [0.5, 0.6) is 0 Å². The molecule has 0 aromatic carbocycles. The van der Waals surface area contributed by atoms with E-state index >= 15 is 0 Å². The Morgan fingerprint density at radius 3 is 3.00 bits per heavy atom. The van der Waals surface area contributed by atoms with Crippen LogP contribution in [0.1, 0.15) is 19.8 Å². The molecule has 1 fully saturated rings. The molecule has 2 rings (SSSR count). The van der Waals surface area contributed by atoms with Gasteiger partial charge in [0.2, 0.25) is 0 Å². The molecule has 2 heterocycles. The van der Waals surface area contributed by atoms with Crippen molar-refractivity contribution in [3.8, 4) is 0 Å². The van der Waals surface area contributed by atoms with E-state index in [0.717, 1.165) is 25.1 Å². The molecule has 0 aliphatic carbocycles. The third kappa shape index (κ3) is 3.09. The van der Waals surface area contributed by atoms with Gasteiger partial charge in [-0.2, -0.15) is 0 Å². The zero-order valence-electron chi connectivity index (χ0n) is 10.8. The zero-order chi connectivity index (χ0) is 12.3. The maximum absolute atomic E-state index is 5.56. The highest BCUT2D eigenvalue weighted by atomic mass is 16.5. The molecule has 2 unspecified atom stereocenters. The number of nitrogens with one attached hydrogen (secondary N) is 1. The van der Waals surface area contributed by atoms with Crippen molar-refractivity contribution in [2.45, 2.75) is 31.9 Å². The van der Waals surface area contributed by atoms with Gasteiger partial charge in [0.15, 0.2) is 0 Å². The van der Waals surface area contributed by atoms with Gasteiger partial charge in [0, 0.05) is 32.9 Å². The summed E-state index contributed by atoms with van der Waals surface area (Å²) >= 11 is 0. The second kappa shape index (κ2) is 5.36. The van der Waals surface area contributed by atoms with Gasteiger partial charge in [0.05, 0.1) is 23.7 Å². The van der Waals surface area contributed by atoms with Crippen LogP contribution in [0.25, 0.3) is 0 Å². The van der Waals surface area contributed by atoms with Crippen LogP contribution in [0.2, 0.25) is 0 Å². The van der Waals surface area contributed by atoms with Gasteiger partial charge in [-0.05, 0) is 25.8 Å². The Kier molecular flexibility index (Phi) is 3.84. The molecule has 0 amide bonds. The normalized spacial score (nSPS) is 24.4. The second-order valence-electron chi connectivity index (χ2n) is 4.83. The number of nitrogens with zero attached hydrogens (tertiary/aromatic N) is 2. The lowest BCUT2D eigenvalue weighted by Crippen LogP contribution is -2.33. The standard InChI is InChI=1S/C13H21N3O/c1-10-8-11(5-7-17-10)15-12-9-14-6-4-13(12)16(2)3/h4,6,9-11,15H,5,7-8H2,1-3H3. The van der Waals surface area contributed by atoms with Gasteiger partial charge in [-0.25, -0.2) is 0 Å². The van der Waals surface area contributed by atoms with Gasteiger partial charge in [-0.1, -0.05) is 0 Å². The van der Waals surface area contributed by atoms with Crippen LogP contribution < -0.4 is 10.2 Å². The predicted molar refractivity (Wildman–Crippen MR) is 70.6 cm³/mol.